The van der Waals surface area contributed by atoms with Gasteiger partial charge in [0.1, 0.15) is 0 Å². The molecule has 0 fully saturated rings. The first-order chi connectivity index (χ1) is 8.06. The monoisotopic (exact) mass is 315 g/mol. The minimum atomic E-state index is -1.22. The van der Waals surface area contributed by atoms with Crippen molar-refractivity contribution < 1.29 is 4.21 Å². The third-order valence-electron chi connectivity index (χ3n) is 2.01. The average molecular weight is 316 g/mol. The standard InChI is InChI=1S/C9H10BrN5OS/c1-15-13-9(12-14-15)5-17(16)8-3-2-6(11)4-7(8)10/h2-4H,5,11H2,1H3. The van der Waals surface area contributed by atoms with Gasteiger partial charge in [0, 0.05) is 10.2 Å². The molecule has 17 heavy (non-hydrogen) atoms. The third kappa shape index (κ3) is 2.89. The molecule has 2 N–H and O–H groups in total. The SMILES string of the molecule is Cn1nnc(CS(=O)c2ccc(N)cc2Br)n1. The van der Waals surface area contributed by atoms with E-state index >= 15 is 0 Å². The topological polar surface area (TPSA) is 86.7 Å². The number of rotatable bonds is 3. The normalized spacial score (nSPS) is 12.6. The Morgan fingerprint density at radius 1 is 1.53 bits per heavy atom. The lowest BCUT2D eigenvalue weighted by molar-refractivity contribution is 0.628. The van der Waals surface area contributed by atoms with Gasteiger partial charge in [-0.05, 0) is 39.3 Å². The van der Waals surface area contributed by atoms with Gasteiger partial charge in [0.15, 0.2) is 5.82 Å². The largest absolute Gasteiger partial charge is 0.399 e. The van der Waals surface area contributed by atoms with Crippen LogP contribution in [0.5, 0.6) is 0 Å². The smallest absolute Gasteiger partial charge is 0.187 e. The van der Waals surface area contributed by atoms with Crippen LogP contribution in [0.4, 0.5) is 5.69 Å². The van der Waals surface area contributed by atoms with Crippen LogP contribution in [0, 0.1) is 0 Å². The number of hydrogen-bond acceptors (Lipinski definition) is 5. The second kappa shape index (κ2) is 4.92. The summed E-state index contributed by atoms with van der Waals surface area (Å²) in [6.07, 6.45) is 0. The van der Waals surface area contributed by atoms with E-state index in [4.69, 9.17) is 5.73 Å². The zero-order valence-electron chi connectivity index (χ0n) is 9.00. The molecule has 6 nitrogen and oxygen atoms in total. The molecule has 0 spiro atoms. The Kier molecular flexibility index (Phi) is 3.53. The summed E-state index contributed by atoms with van der Waals surface area (Å²) in [6.45, 7) is 0. The van der Waals surface area contributed by atoms with Gasteiger partial charge in [-0.15, -0.1) is 10.2 Å². The molecule has 0 aliphatic rings. The minimum Gasteiger partial charge on any atom is -0.399 e. The lowest BCUT2D eigenvalue weighted by Crippen LogP contribution is -2.01. The molecular weight excluding hydrogens is 306 g/mol. The summed E-state index contributed by atoms with van der Waals surface area (Å²) in [5, 5.41) is 11.5. The second-order valence-electron chi connectivity index (χ2n) is 3.37. The number of nitrogens with zero attached hydrogens (tertiary/aromatic N) is 4. The molecule has 0 saturated heterocycles. The summed E-state index contributed by atoms with van der Waals surface area (Å²) < 4.78 is 12.8. The van der Waals surface area contributed by atoms with E-state index in [-0.39, 0.29) is 5.75 Å². The van der Waals surface area contributed by atoms with Gasteiger partial charge in [0.2, 0.25) is 0 Å². The number of hydrogen-bond donors (Lipinski definition) is 1. The van der Waals surface area contributed by atoms with Gasteiger partial charge in [0.05, 0.1) is 28.5 Å². The van der Waals surface area contributed by atoms with Crippen LogP contribution in [0.25, 0.3) is 0 Å². The minimum absolute atomic E-state index is 0.232. The molecule has 0 radical (unpaired) electrons. The molecule has 1 heterocycles. The van der Waals surface area contributed by atoms with E-state index in [9.17, 15) is 4.21 Å². The molecule has 1 aromatic carbocycles. The van der Waals surface area contributed by atoms with Crippen molar-refractivity contribution in [2.24, 2.45) is 7.05 Å². The van der Waals surface area contributed by atoms with Crippen molar-refractivity contribution >= 4 is 32.4 Å². The van der Waals surface area contributed by atoms with Gasteiger partial charge in [0.25, 0.3) is 0 Å². The molecule has 0 aliphatic carbocycles. The third-order valence-corrected chi connectivity index (χ3v) is 4.30. The summed E-state index contributed by atoms with van der Waals surface area (Å²) in [6, 6.07) is 5.16. The molecule has 1 aromatic heterocycles. The zero-order chi connectivity index (χ0) is 12.4. The highest BCUT2D eigenvalue weighted by molar-refractivity contribution is 9.10. The molecule has 8 heteroatoms. The first kappa shape index (κ1) is 12.2. The number of aromatic nitrogens is 4. The van der Waals surface area contributed by atoms with Crippen molar-refractivity contribution in [3.8, 4) is 0 Å². The maximum absolute atomic E-state index is 12.1. The number of anilines is 1. The fourth-order valence-electron chi connectivity index (χ4n) is 1.28. The van der Waals surface area contributed by atoms with E-state index < -0.39 is 10.8 Å². The first-order valence-electron chi connectivity index (χ1n) is 4.72. The molecule has 0 aliphatic heterocycles. The van der Waals surface area contributed by atoms with Gasteiger partial charge >= 0.3 is 0 Å². The van der Waals surface area contributed by atoms with Gasteiger partial charge in [-0.3, -0.25) is 4.21 Å². The Bertz CT molecular complexity index is 570. The predicted molar refractivity (Wildman–Crippen MR) is 67.5 cm³/mol. The van der Waals surface area contributed by atoms with Gasteiger partial charge in [-0.1, -0.05) is 0 Å². The molecule has 1 unspecified atom stereocenters. The van der Waals surface area contributed by atoms with Crippen molar-refractivity contribution in [3.05, 3.63) is 28.5 Å². The van der Waals surface area contributed by atoms with Crippen LogP contribution in [-0.2, 0) is 23.6 Å². The van der Waals surface area contributed by atoms with Gasteiger partial charge in [-0.25, -0.2) is 0 Å². The molecule has 2 rings (SSSR count). The maximum atomic E-state index is 12.1. The van der Waals surface area contributed by atoms with Crippen LogP contribution < -0.4 is 5.73 Å². The van der Waals surface area contributed by atoms with Crippen molar-refractivity contribution in [3.63, 3.8) is 0 Å². The van der Waals surface area contributed by atoms with Crippen LogP contribution in [-0.4, -0.2) is 24.4 Å². The summed E-state index contributed by atoms with van der Waals surface area (Å²) in [5.74, 6) is 0.686. The second-order valence-corrected chi connectivity index (χ2v) is 5.65. The van der Waals surface area contributed by atoms with Crippen molar-refractivity contribution in [1.82, 2.24) is 20.2 Å². The van der Waals surface area contributed by atoms with Crippen molar-refractivity contribution in [1.29, 1.82) is 0 Å². The number of tetrazole rings is 1. The number of benzene rings is 1. The maximum Gasteiger partial charge on any atom is 0.187 e. The van der Waals surface area contributed by atoms with Crippen LogP contribution in [0.1, 0.15) is 5.82 Å². The molecule has 2 aromatic rings. The van der Waals surface area contributed by atoms with Crippen LogP contribution in [0.15, 0.2) is 27.6 Å². The number of nitrogens with two attached hydrogens (primary N) is 1. The molecule has 0 saturated carbocycles. The lowest BCUT2D eigenvalue weighted by atomic mass is 10.3. The van der Waals surface area contributed by atoms with E-state index in [2.05, 4.69) is 31.3 Å². The Morgan fingerprint density at radius 3 is 2.88 bits per heavy atom. The number of halogens is 1. The Morgan fingerprint density at radius 2 is 2.29 bits per heavy atom. The van der Waals surface area contributed by atoms with Gasteiger partial charge in [-0.2, -0.15) is 4.80 Å². The van der Waals surface area contributed by atoms with E-state index in [0.717, 1.165) is 4.47 Å². The molecule has 90 valence electrons. The van der Waals surface area contributed by atoms with E-state index in [1.165, 1.54) is 4.80 Å². The van der Waals surface area contributed by atoms with Crippen LogP contribution in [0.3, 0.4) is 0 Å². The Hall–Kier alpha value is -1.28. The fraction of sp³-hybridized carbons (Fsp3) is 0.222. The summed E-state index contributed by atoms with van der Waals surface area (Å²) >= 11 is 3.33. The zero-order valence-corrected chi connectivity index (χ0v) is 11.4. The Balaban J connectivity index is 2.20. The van der Waals surface area contributed by atoms with Gasteiger partial charge < -0.3 is 5.73 Å². The molecular formula is C9H10BrN5OS. The van der Waals surface area contributed by atoms with E-state index in [1.54, 1.807) is 25.2 Å². The fourth-order valence-corrected chi connectivity index (χ4v) is 3.22. The number of nitrogen functional groups attached to an aromatic ring is 1. The Labute approximate surface area is 109 Å². The molecule has 0 bridgehead atoms. The highest BCUT2D eigenvalue weighted by Gasteiger charge is 2.12. The average Bonchev–Trinajstić information content (AvgIpc) is 2.63. The van der Waals surface area contributed by atoms with Crippen molar-refractivity contribution in [2.75, 3.05) is 5.73 Å². The highest BCUT2D eigenvalue weighted by Crippen LogP contribution is 2.24. The van der Waals surface area contributed by atoms with E-state index in [0.29, 0.717) is 16.4 Å². The predicted octanol–water partition coefficient (Wildman–Crippen LogP) is 0.863. The number of aryl methyl sites for hydroxylation is 1. The quantitative estimate of drug-likeness (QED) is 0.849. The lowest BCUT2D eigenvalue weighted by Gasteiger charge is -2.03. The molecule has 1 atom stereocenters. The molecule has 0 amide bonds. The first-order valence-corrected chi connectivity index (χ1v) is 6.84. The summed E-state index contributed by atoms with van der Waals surface area (Å²) in [5.41, 5.74) is 6.24. The van der Waals surface area contributed by atoms with Crippen LogP contribution in [0.2, 0.25) is 0 Å². The van der Waals surface area contributed by atoms with E-state index in [1.807, 2.05) is 0 Å². The van der Waals surface area contributed by atoms with Crippen molar-refractivity contribution in [2.45, 2.75) is 10.6 Å². The summed E-state index contributed by atoms with van der Waals surface area (Å²) in [7, 11) is 0.444. The highest BCUT2D eigenvalue weighted by atomic mass is 79.9. The van der Waals surface area contributed by atoms with Crippen LogP contribution >= 0.6 is 15.9 Å². The summed E-state index contributed by atoms with van der Waals surface area (Å²) in [4.78, 5) is 2.01.